The minimum absolute atomic E-state index is 0.0799. The zero-order valence-electron chi connectivity index (χ0n) is 16.5. The molecule has 2 aromatic carbocycles. The highest BCUT2D eigenvalue weighted by molar-refractivity contribution is 5.87. The van der Waals surface area contributed by atoms with Gasteiger partial charge < -0.3 is 15.7 Å². The second-order valence-corrected chi connectivity index (χ2v) is 7.82. The molecule has 0 bridgehead atoms. The molecule has 4 heteroatoms. The Hall–Kier alpha value is -2.17. The SMILES string of the molecule is O=C(NCC(O)CNCC1CCCCC1)C(c1ccccc1)c1ccccc1. The van der Waals surface area contributed by atoms with Gasteiger partial charge >= 0.3 is 0 Å². The van der Waals surface area contributed by atoms with Crippen LogP contribution in [0.2, 0.25) is 0 Å². The largest absolute Gasteiger partial charge is 0.390 e. The highest BCUT2D eigenvalue weighted by atomic mass is 16.3. The van der Waals surface area contributed by atoms with Gasteiger partial charge in [0.2, 0.25) is 5.91 Å². The molecule has 3 rings (SSSR count). The zero-order chi connectivity index (χ0) is 19.6. The number of nitrogens with one attached hydrogen (secondary N) is 2. The van der Waals surface area contributed by atoms with Gasteiger partial charge in [0.05, 0.1) is 12.0 Å². The monoisotopic (exact) mass is 380 g/mol. The minimum Gasteiger partial charge on any atom is -0.390 e. The van der Waals surface area contributed by atoms with Crippen molar-refractivity contribution in [3.8, 4) is 0 Å². The van der Waals surface area contributed by atoms with Crippen molar-refractivity contribution in [1.29, 1.82) is 0 Å². The van der Waals surface area contributed by atoms with E-state index in [1.807, 2.05) is 60.7 Å². The lowest BCUT2D eigenvalue weighted by Crippen LogP contribution is -2.41. The van der Waals surface area contributed by atoms with Crippen LogP contribution in [0, 0.1) is 5.92 Å². The number of aliphatic hydroxyl groups excluding tert-OH is 1. The highest BCUT2D eigenvalue weighted by Gasteiger charge is 2.23. The molecule has 1 aliphatic carbocycles. The first-order valence-electron chi connectivity index (χ1n) is 10.5. The van der Waals surface area contributed by atoms with E-state index in [0.717, 1.165) is 23.6 Å². The maximum Gasteiger partial charge on any atom is 0.232 e. The van der Waals surface area contributed by atoms with Gasteiger partial charge in [-0.05, 0) is 36.4 Å². The lowest BCUT2D eigenvalue weighted by Gasteiger charge is -2.23. The predicted octanol–water partition coefficient (Wildman–Crippen LogP) is 3.47. The Kier molecular flexibility index (Phi) is 8.07. The van der Waals surface area contributed by atoms with Gasteiger partial charge in [-0.25, -0.2) is 0 Å². The van der Waals surface area contributed by atoms with Crippen LogP contribution in [0.4, 0.5) is 0 Å². The number of hydrogen-bond acceptors (Lipinski definition) is 3. The van der Waals surface area contributed by atoms with Crippen LogP contribution < -0.4 is 10.6 Å². The molecular weight excluding hydrogens is 348 g/mol. The third kappa shape index (κ3) is 6.18. The molecule has 3 N–H and O–H groups in total. The van der Waals surface area contributed by atoms with E-state index in [4.69, 9.17) is 0 Å². The Labute approximate surface area is 168 Å². The fourth-order valence-corrected chi connectivity index (χ4v) is 4.02. The van der Waals surface area contributed by atoms with E-state index in [-0.39, 0.29) is 18.4 Å². The molecule has 1 aliphatic rings. The minimum atomic E-state index is -0.584. The van der Waals surface area contributed by atoms with E-state index in [9.17, 15) is 9.90 Å². The highest BCUT2D eigenvalue weighted by Crippen LogP contribution is 2.25. The van der Waals surface area contributed by atoms with E-state index in [0.29, 0.717) is 6.54 Å². The molecule has 1 fully saturated rings. The number of carbonyl (C=O) groups is 1. The first-order chi connectivity index (χ1) is 13.7. The van der Waals surface area contributed by atoms with Crippen molar-refractivity contribution in [3.05, 3.63) is 71.8 Å². The number of amides is 1. The van der Waals surface area contributed by atoms with Crippen molar-refractivity contribution in [2.24, 2.45) is 5.92 Å². The van der Waals surface area contributed by atoms with Crippen LogP contribution in [0.25, 0.3) is 0 Å². The summed E-state index contributed by atoms with van der Waals surface area (Å²) in [6.45, 7) is 1.73. The van der Waals surface area contributed by atoms with Crippen molar-refractivity contribution < 1.29 is 9.90 Å². The maximum atomic E-state index is 12.9. The Balaban J connectivity index is 1.50. The van der Waals surface area contributed by atoms with E-state index >= 15 is 0 Å². The molecule has 0 spiro atoms. The van der Waals surface area contributed by atoms with Gasteiger partial charge in [-0.1, -0.05) is 79.9 Å². The molecule has 1 saturated carbocycles. The Bertz CT molecular complexity index is 660. The standard InChI is InChI=1S/C24H32N2O2/c27-22(17-25-16-19-10-4-1-5-11-19)18-26-24(28)23(20-12-6-2-7-13-20)21-14-8-3-9-15-21/h2-3,6-9,12-15,19,22-23,25,27H,1,4-5,10-11,16-18H2,(H,26,28). The normalized spacial score (nSPS) is 16.1. The predicted molar refractivity (Wildman–Crippen MR) is 113 cm³/mol. The molecule has 1 amide bonds. The maximum absolute atomic E-state index is 12.9. The van der Waals surface area contributed by atoms with Crippen LogP contribution in [-0.4, -0.2) is 36.8 Å². The molecule has 4 nitrogen and oxygen atoms in total. The number of benzene rings is 2. The summed E-state index contributed by atoms with van der Waals surface area (Å²) >= 11 is 0. The summed E-state index contributed by atoms with van der Waals surface area (Å²) in [5.74, 6) is 0.282. The van der Waals surface area contributed by atoms with Gasteiger partial charge in [-0.2, -0.15) is 0 Å². The van der Waals surface area contributed by atoms with Gasteiger partial charge in [-0.3, -0.25) is 4.79 Å². The summed E-state index contributed by atoms with van der Waals surface area (Å²) in [6.07, 6.45) is 6.00. The average molecular weight is 381 g/mol. The third-order valence-corrected chi connectivity index (χ3v) is 5.58. The summed E-state index contributed by atoms with van der Waals surface area (Å²) in [4.78, 5) is 12.9. The zero-order valence-corrected chi connectivity index (χ0v) is 16.5. The first kappa shape index (κ1) is 20.6. The van der Waals surface area contributed by atoms with E-state index in [1.54, 1.807) is 0 Å². The summed E-state index contributed by atoms with van der Waals surface area (Å²) in [6, 6.07) is 19.6. The second-order valence-electron chi connectivity index (χ2n) is 7.82. The molecule has 0 saturated heterocycles. The van der Waals surface area contributed by atoms with E-state index in [1.165, 1.54) is 32.1 Å². The van der Waals surface area contributed by atoms with Crippen molar-refractivity contribution >= 4 is 5.91 Å². The quantitative estimate of drug-likeness (QED) is 0.624. The van der Waals surface area contributed by atoms with Crippen molar-refractivity contribution in [3.63, 3.8) is 0 Å². The van der Waals surface area contributed by atoms with Crippen molar-refractivity contribution in [2.45, 2.75) is 44.1 Å². The number of hydrogen-bond donors (Lipinski definition) is 3. The molecule has 2 aromatic rings. The fourth-order valence-electron chi connectivity index (χ4n) is 4.02. The molecule has 1 unspecified atom stereocenters. The van der Waals surface area contributed by atoms with E-state index in [2.05, 4.69) is 10.6 Å². The van der Waals surface area contributed by atoms with Gasteiger partial charge in [0.15, 0.2) is 0 Å². The van der Waals surface area contributed by atoms with Gasteiger partial charge in [0.25, 0.3) is 0 Å². The summed E-state index contributed by atoms with van der Waals surface area (Å²) in [5.41, 5.74) is 1.91. The molecule has 0 aromatic heterocycles. The lowest BCUT2D eigenvalue weighted by molar-refractivity contribution is -0.122. The molecule has 0 aliphatic heterocycles. The van der Waals surface area contributed by atoms with Gasteiger partial charge in [0.1, 0.15) is 0 Å². The van der Waals surface area contributed by atoms with Crippen LogP contribution in [0.15, 0.2) is 60.7 Å². The van der Waals surface area contributed by atoms with Crippen molar-refractivity contribution in [1.82, 2.24) is 10.6 Å². The molecular formula is C24H32N2O2. The van der Waals surface area contributed by atoms with Crippen LogP contribution in [0.1, 0.15) is 49.1 Å². The molecule has 0 radical (unpaired) electrons. The average Bonchev–Trinajstić information content (AvgIpc) is 2.75. The molecule has 0 heterocycles. The third-order valence-electron chi connectivity index (χ3n) is 5.58. The van der Waals surface area contributed by atoms with Crippen LogP contribution in [0.3, 0.4) is 0 Å². The lowest BCUT2D eigenvalue weighted by atomic mass is 9.89. The van der Waals surface area contributed by atoms with E-state index < -0.39 is 6.10 Å². The number of aliphatic hydroxyl groups is 1. The van der Waals surface area contributed by atoms with Crippen molar-refractivity contribution in [2.75, 3.05) is 19.6 Å². The second kappa shape index (κ2) is 11.0. The van der Waals surface area contributed by atoms with Gasteiger partial charge in [-0.15, -0.1) is 0 Å². The molecule has 1 atom stereocenters. The summed E-state index contributed by atoms with van der Waals surface area (Å²) < 4.78 is 0. The van der Waals surface area contributed by atoms with Gasteiger partial charge in [0, 0.05) is 13.1 Å². The smallest absolute Gasteiger partial charge is 0.232 e. The number of rotatable bonds is 9. The first-order valence-corrected chi connectivity index (χ1v) is 10.5. The summed E-state index contributed by atoms with van der Waals surface area (Å²) in [5, 5.41) is 16.6. The fraction of sp³-hybridized carbons (Fsp3) is 0.458. The summed E-state index contributed by atoms with van der Waals surface area (Å²) in [7, 11) is 0. The number of carbonyl (C=O) groups excluding carboxylic acids is 1. The topological polar surface area (TPSA) is 61.4 Å². The van der Waals surface area contributed by atoms with Crippen LogP contribution in [0.5, 0.6) is 0 Å². The van der Waals surface area contributed by atoms with Crippen LogP contribution in [-0.2, 0) is 4.79 Å². The Morgan fingerprint density at radius 1 is 0.893 bits per heavy atom. The molecule has 150 valence electrons. The Morgan fingerprint density at radius 3 is 2.04 bits per heavy atom. The van der Waals surface area contributed by atoms with Crippen LogP contribution >= 0.6 is 0 Å². The Morgan fingerprint density at radius 2 is 1.46 bits per heavy atom. The molecule has 28 heavy (non-hydrogen) atoms.